The zero-order valence-corrected chi connectivity index (χ0v) is 18.4. The molecule has 1 saturated carbocycles. The predicted octanol–water partition coefficient (Wildman–Crippen LogP) is 4.15. The summed E-state index contributed by atoms with van der Waals surface area (Å²) in [5.74, 6) is -1.39. The van der Waals surface area contributed by atoms with Crippen molar-refractivity contribution in [2.24, 2.45) is 5.92 Å². The van der Waals surface area contributed by atoms with Gasteiger partial charge in [-0.3, -0.25) is 9.35 Å². The lowest BCUT2D eigenvalue weighted by Crippen LogP contribution is -2.49. The second-order valence-corrected chi connectivity index (χ2v) is 9.04. The highest BCUT2D eigenvalue weighted by molar-refractivity contribution is 7.77. The Morgan fingerprint density at radius 1 is 1.30 bits per heavy atom. The van der Waals surface area contributed by atoms with E-state index in [9.17, 15) is 26.6 Å². The first kappa shape index (κ1) is 23.7. The van der Waals surface area contributed by atoms with Gasteiger partial charge in [0.2, 0.25) is 0 Å². The number of alkyl halides is 3. The van der Waals surface area contributed by atoms with Crippen LogP contribution in [0.2, 0.25) is 5.02 Å². The molecule has 1 unspecified atom stereocenters. The van der Waals surface area contributed by atoms with Crippen LogP contribution in [-0.4, -0.2) is 39.3 Å². The minimum absolute atomic E-state index is 0.0216. The van der Waals surface area contributed by atoms with Crippen LogP contribution in [0.5, 0.6) is 5.75 Å². The number of amides is 1. The maximum absolute atomic E-state index is 14.4. The van der Waals surface area contributed by atoms with E-state index in [0.717, 1.165) is 31.2 Å². The maximum atomic E-state index is 14.4. The molecule has 0 bridgehead atoms. The van der Waals surface area contributed by atoms with Crippen molar-refractivity contribution < 1.29 is 35.9 Å². The van der Waals surface area contributed by atoms with Gasteiger partial charge in [0.05, 0.1) is 22.8 Å². The number of halogens is 5. The smallest absolute Gasteiger partial charge is 0.418 e. The number of nitrogens with zero attached hydrogens (tertiary/aromatic N) is 2. The molecule has 7 nitrogen and oxygen atoms in total. The number of hydrogen-bond donors (Lipinski definition) is 2. The number of nitrogens with one attached hydrogen (secondary N) is 1. The van der Waals surface area contributed by atoms with Crippen molar-refractivity contribution in [1.29, 1.82) is 0 Å². The van der Waals surface area contributed by atoms with Crippen LogP contribution in [0.15, 0.2) is 24.4 Å². The fourth-order valence-corrected chi connectivity index (χ4v) is 4.09. The molecule has 33 heavy (non-hydrogen) atoms. The molecule has 178 valence electrons. The summed E-state index contributed by atoms with van der Waals surface area (Å²) in [4.78, 5) is 17.6. The van der Waals surface area contributed by atoms with Gasteiger partial charge in [-0.05, 0) is 36.5 Å². The monoisotopic (exact) mass is 507 g/mol. The molecule has 0 radical (unpaired) electrons. The van der Waals surface area contributed by atoms with Crippen molar-refractivity contribution in [2.45, 2.75) is 24.9 Å². The molecule has 1 saturated heterocycles. The summed E-state index contributed by atoms with van der Waals surface area (Å²) >= 11 is 2.98. The Kier molecular flexibility index (Phi) is 6.52. The average Bonchev–Trinajstić information content (AvgIpc) is 3.51. The molecule has 2 aliphatic rings. The molecule has 2 aromatic rings. The molecule has 13 heteroatoms. The van der Waals surface area contributed by atoms with Gasteiger partial charge in [0.25, 0.3) is 17.2 Å². The molecule has 2 heterocycles. The highest BCUT2D eigenvalue weighted by atomic mass is 35.5. The summed E-state index contributed by atoms with van der Waals surface area (Å²) in [5.41, 5.74) is -0.668. The number of rotatable bonds is 7. The van der Waals surface area contributed by atoms with E-state index >= 15 is 0 Å². The minimum atomic E-state index is -4.58. The van der Waals surface area contributed by atoms with Gasteiger partial charge in [0, 0.05) is 31.3 Å². The summed E-state index contributed by atoms with van der Waals surface area (Å²) in [6.45, 7) is 0.994. The summed E-state index contributed by atoms with van der Waals surface area (Å²) < 4.78 is 80.7. The van der Waals surface area contributed by atoms with Gasteiger partial charge in [-0.25, -0.2) is 18.3 Å². The lowest BCUT2D eigenvalue weighted by Gasteiger charge is -2.40. The summed E-state index contributed by atoms with van der Waals surface area (Å²) in [7, 11) is 0. The molecule has 1 aromatic carbocycles. The molecule has 1 aliphatic heterocycles. The Balaban J connectivity index is 1.40. The SMILES string of the molecule is O=C(NS(=O)O)c1cc(C2CC2)c(OCC2CN(c3cc(C(F)(F)F)c(Cl)cn3)C2)cc1F. The van der Waals surface area contributed by atoms with E-state index in [2.05, 4.69) is 4.98 Å². The lowest BCUT2D eigenvalue weighted by molar-refractivity contribution is -0.137. The van der Waals surface area contributed by atoms with Gasteiger partial charge >= 0.3 is 6.18 Å². The predicted molar refractivity (Wildman–Crippen MR) is 112 cm³/mol. The first-order valence-corrected chi connectivity index (χ1v) is 11.4. The number of anilines is 1. The number of carbonyl (C=O) groups excluding carboxylic acids is 1. The lowest BCUT2D eigenvalue weighted by atomic mass is 10.0. The van der Waals surface area contributed by atoms with E-state index in [-0.39, 0.29) is 35.6 Å². The van der Waals surface area contributed by atoms with E-state index in [0.29, 0.717) is 18.7 Å². The summed E-state index contributed by atoms with van der Waals surface area (Å²) in [5, 5.41) is -0.469. The van der Waals surface area contributed by atoms with Crippen LogP contribution >= 0.6 is 11.6 Å². The Hall–Kier alpha value is -2.44. The molecule has 2 N–H and O–H groups in total. The average molecular weight is 508 g/mol. The quantitative estimate of drug-likeness (QED) is 0.432. The first-order valence-electron chi connectivity index (χ1n) is 9.88. The number of aromatic nitrogens is 1. The molecule has 1 aromatic heterocycles. The van der Waals surface area contributed by atoms with Crippen molar-refractivity contribution in [2.75, 3.05) is 24.6 Å². The van der Waals surface area contributed by atoms with E-state index in [4.69, 9.17) is 20.9 Å². The van der Waals surface area contributed by atoms with Crippen LogP contribution in [0.4, 0.5) is 23.4 Å². The molecule has 1 atom stereocenters. The second-order valence-electron chi connectivity index (χ2n) is 7.93. The van der Waals surface area contributed by atoms with Crippen LogP contribution in [0.1, 0.15) is 40.2 Å². The highest BCUT2D eigenvalue weighted by Crippen LogP contribution is 2.45. The number of carbonyl (C=O) groups is 1. The van der Waals surface area contributed by atoms with Crippen LogP contribution < -0.4 is 14.4 Å². The molecule has 1 aliphatic carbocycles. The fraction of sp³-hybridized carbons (Fsp3) is 0.400. The van der Waals surface area contributed by atoms with Crippen molar-refractivity contribution in [1.82, 2.24) is 9.71 Å². The molecule has 0 spiro atoms. The van der Waals surface area contributed by atoms with Crippen LogP contribution in [0.25, 0.3) is 0 Å². The largest absolute Gasteiger partial charge is 0.493 e. The molecular weight excluding hydrogens is 490 g/mol. The number of hydrogen-bond acceptors (Lipinski definition) is 5. The Bertz CT molecular complexity index is 1110. The zero-order valence-electron chi connectivity index (χ0n) is 16.9. The standard InChI is InChI=1S/C20H18ClF4N3O4S/c21-15-6-26-18(4-14(15)20(23,24)25)28-7-10(8-28)9-32-17-5-16(22)13(19(29)27-33(30)31)3-12(17)11-1-2-11/h3-6,10-11H,1-2,7-9H2,(H,27,29)(H,30,31). The minimum Gasteiger partial charge on any atom is -0.493 e. The van der Waals surface area contributed by atoms with E-state index < -0.39 is 39.8 Å². The van der Waals surface area contributed by atoms with Crippen LogP contribution in [-0.2, 0) is 17.4 Å². The van der Waals surface area contributed by atoms with Gasteiger partial charge in [0.15, 0.2) is 0 Å². The van der Waals surface area contributed by atoms with Gasteiger partial charge in [-0.2, -0.15) is 13.2 Å². The Morgan fingerprint density at radius 3 is 2.61 bits per heavy atom. The summed E-state index contributed by atoms with van der Waals surface area (Å²) in [6.07, 6.45) is -1.93. The van der Waals surface area contributed by atoms with Crippen LogP contribution in [0.3, 0.4) is 0 Å². The third-order valence-electron chi connectivity index (χ3n) is 5.44. The van der Waals surface area contributed by atoms with Crippen molar-refractivity contribution in [3.63, 3.8) is 0 Å². The Morgan fingerprint density at radius 2 is 2.00 bits per heavy atom. The number of benzene rings is 1. The zero-order chi connectivity index (χ0) is 23.9. The van der Waals surface area contributed by atoms with Crippen molar-refractivity contribution in [3.05, 3.63) is 51.9 Å². The molecular formula is C20H18ClF4N3O4S. The highest BCUT2D eigenvalue weighted by Gasteiger charge is 2.36. The van der Waals surface area contributed by atoms with Gasteiger partial charge in [0.1, 0.15) is 17.4 Å². The van der Waals surface area contributed by atoms with Crippen molar-refractivity contribution >= 4 is 34.6 Å². The first-order chi connectivity index (χ1) is 15.5. The second kappa shape index (κ2) is 9.07. The third kappa shape index (κ3) is 5.39. The van der Waals surface area contributed by atoms with Gasteiger partial charge in [-0.15, -0.1) is 0 Å². The van der Waals surface area contributed by atoms with E-state index in [1.54, 1.807) is 9.62 Å². The van der Waals surface area contributed by atoms with Gasteiger partial charge in [-0.1, -0.05) is 11.6 Å². The summed E-state index contributed by atoms with van der Waals surface area (Å²) in [6, 6.07) is 3.31. The van der Waals surface area contributed by atoms with Crippen LogP contribution in [0, 0.1) is 11.7 Å². The third-order valence-corrected chi connectivity index (χ3v) is 6.10. The fourth-order valence-electron chi connectivity index (χ4n) is 3.61. The van der Waals surface area contributed by atoms with Gasteiger partial charge < -0.3 is 9.64 Å². The maximum Gasteiger partial charge on any atom is 0.418 e. The van der Waals surface area contributed by atoms with Crippen molar-refractivity contribution in [3.8, 4) is 5.75 Å². The number of pyridine rings is 1. The molecule has 1 amide bonds. The Labute approximate surface area is 193 Å². The van der Waals surface area contributed by atoms with E-state index in [1.165, 1.54) is 6.07 Å². The normalized spacial score (nSPS) is 17.5. The molecule has 4 rings (SSSR count). The van der Waals surface area contributed by atoms with E-state index in [1.807, 2.05) is 0 Å². The number of ether oxygens (including phenoxy) is 1. The topological polar surface area (TPSA) is 91.8 Å². The molecule has 2 fully saturated rings.